The number of rotatable bonds is 4. The third-order valence-electron chi connectivity index (χ3n) is 2.99. The van der Waals surface area contributed by atoms with Crippen LogP contribution in [0.2, 0.25) is 10.0 Å². The number of benzene rings is 2. The van der Waals surface area contributed by atoms with E-state index in [0.29, 0.717) is 27.1 Å². The van der Waals surface area contributed by atoms with Gasteiger partial charge in [-0.2, -0.15) is 5.10 Å². The van der Waals surface area contributed by atoms with E-state index in [4.69, 9.17) is 27.9 Å². The van der Waals surface area contributed by atoms with Crippen LogP contribution in [0.3, 0.4) is 0 Å². The van der Waals surface area contributed by atoms with Gasteiger partial charge in [0.15, 0.2) is 0 Å². The Labute approximate surface area is 138 Å². The second kappa shape index (κ2) is 7.29. The van der Waals surface area contributed by atoms with Gasteiger partial charge in [0, 0.05) is 15.6 Å². The van der Waals surface area contributed by atoms with Crippen molar-refractivity contribution in [3.05, 3.63) is 63.6 Å². The van der Waals surface area contributed by atoms with Crippen LogP contribution in [-0.4, -0.2) is 18.7 Å². The minimum absolute atomic E-state index is 0.311. The van der Waals surface area contributed by atoms with E-state index >= 15 is 0 Å². The fraction of sp³-hybridized carbons (Fsp3) is 0.125. The van der Waals surface area contributed by atoms with Gasteiger partial charge < -0.3 is 4.74 Å². The number of methoxy groups -OCH3 is 1. The molecule has 2 aromatic rings. The van der Waals surface area contributed by atoms with Crippen LogP contribution in [0.25, 0.3) is 0 Å². The maximum atomic E-state index is 12.2. The van der Waals surface area contributed by atoms with E-state index < -0.39 is 5.91 Å². The number of hydrogen-bond donors (Lipinski definition) is 1. The molecule has 22 heavy (non-hydrogen) atoms. The summed E-state index contributed by atoms with van der Waals surface area (Å²) >= 11 is 12.0. The van der Waals surface area contributed by atoms with Gasteiger partial charge in [0.1, 0.15) is 5.75 Å². The molecule has 0 aliphatic rings. The molecule has 0 saturated heterocycles. The van der Waals surface area contributed by atoms with Crippen molar-refractivity contribution >= 4 is 34.8 Å². The van der Waals surface area contributed by atoms with Crippen LogP contribution < -0.4 is 10.2 Å². The normalized spacial score (nSPS) is 11.2. The fourth-order valence-electron chi connectivity index (χ4n) is 1.87. The number of halogens is 2. The smallest absolute Gasteiger partial charge is 0.275 e. The lowest BCUT2D eigenvalue weighted by molar-refractivity contribution is 0.0952. The van der Waals surface area contributed by atoms with Gasteiger partial charge in [-0.1, -0.05) is 41.4 Å². The highest BCUT2D eigenvalue weighted by Gasteiger charge is 2.13. The highest BCUT2D eigenvalue weighted by atomic mass is 35.5. The zero-order chi connectivity index (χ0) is 16.1. The average molecular weight is 337 g/mol. The van der Waals surface area contributed by atoms with Gasteiger partial charge in [-0.15, -0.1) is 0 Å². The van der Waals surface area contributed by atoms with E-state index in [9.17, 15) is 4.79 Å². The van der Waals surface area contributed by atoms with Gasteiger partial charge in [-0.3, -0.25) is 4.79 Å². The molecule has 2 aromatic carbocycles. The summed E-state index contributed by atoms with van der Waals surface area (Å²) in [6, 6.07) is 12.1. The van der Waals surface area contributed by atoms with E-state index in [-0.39, 0.29) is 0 Å². The van der Waals surface area contributed by atoms with E-state index in [1.807, 2.05) is 18.2 Å². The standard InChI is InChI=1S/C16H14Cl2N2O2/c1-10(12-5-3-4-6-14(12)18)19-20-16(21)13-9-11(17)7-8-15(13)22-2/h3-9H,1-2H3,(H,20,21). The highest BCUT2D eigenvalue weighted by Crippen LogP contribution is 2.22. The first-order valence-electron chi connectivity index (χ1n) is 6.46. The van der Waals surface area contributed by atoms with Gasteiger partial charge in [-0.25, -0.2) is 5.43 Å². The summed E-state index contributed by atoms with van der Waals surface area (Å²) in [5, 5.41) is 5.08. The monoisotopic (exact) mass is 336 g/mol. The second-order valence-electron chi connectivity index (χ2n) is 4.46. The molecule has 0 saturated carbocycles. The predicted molar refractivity (Wildman–Crippen MR) is 89.1 cm³/mol. The Hall–Kier alpha value is -2.04. The molecule has 0 spiro atoms. The third kappa shape index (κ3) is 3.78. The molecule has 4 nitrogen and oxygen atoms in total. The quantitative estimate of drug-likeness (QED) is 0.673. The van der Waals surface area contributed by atoms with E-state index in [1.165, 1.54) is 13.2 Å². The Morgan fingerprint density at radius 3 is 2.55 bits per heavy atom. The lowest BCUT2D eigenvalue weighted by Gasteiger charge is -2.08. The fourth-order valence-corrected chi connectivity index (χ4v) is 2.31. The number of nitrogens with zero attached hydrogens (tertiary/aromatic N) is 1. The highest BCUT2D eigenvalue weighted by molar-refractivity contribution is 6.34. The summed E-state index contributed by atoms with van der Waals surface area (Å²) in [7, 11) is 1.48. The number of amides is 1. The summed E-state index contributed by atoms with van der Waals surface area (Å²) < 4.78 is 5.14. The lowest BCUT2D eigenvalue weighted by Crippen LogP contribution is -2.20. The van der Waals surface area contributed by atoms with Crippen LogP contribution in [0.4, 0.5) is 0 Å². The number of hydrazone groups is 1. The maximum absolute atomic E-state index is 12.2. The largest absolute Gasteiger partial charge is 0.496 e. The van der Waals surface area contributed by atoms with Crippen molar-refractivity contribution in [2.75, 3.05) is 7.11 Å². The molecule has 1 amide bonds. The minimum Gasteiger partial charge on any atom is -0.496 e. The summed E-state index contributed by atoms with van der Waals surface area (Å²) in [6.07, 6.45) is 0. The maximum Gasteiger partial charge on any atom is 0.275 e. The topological polar surface area (TPSA) is 50.7 Å². The van der Waals surface area contributed by atoms with E-state index in [0.717, 1.165) is 5.56 Å². The van der Waals surface area contributed by atoms with E-state index in [1.54, 1.807) is 25.1 Å². The van der Waals surface area contributed by atoms with Crippen LogP contribution in [0, 0.1) is 0 Å². The predicted octanol–water partition coefficient (Wildman–Crippen LogP) is 4.16. The number of nitrogens with one attached hydrogen (secondary N) is 1. The SMILES string of the molecule is COc1ccc(Cl)cc1C(=O)NN=C(C)c1ccccc1Cl. The van der Waals surface area contributed by atoms with Gasteiger partial charge in [0.25, 0.3) is 5.91 Å². The molecule has 0 fully saturated rings. The Morgan fingerprint density at radius 1 is 1.14 bits per heavy atom. The number of carbonyl (C=O) groups is 1. The Bertz CT molecular complexity index is 730. The van der Waals surface area contributed by atoms with E-state index in [2.05, 4.69) is 10.5 Å². The molecule has 0 aromatic heterocycles. The number of ether oxygens (including phenoxy) is 1. The summed E-state index contributed by atoms with van der Waals surface area (Å²) in [6.45, 7) is 1.76. The van der Waals surface area contributed by atoms with Crippen molar-refractivity contribution in [2.24, 2.45) is 5.10 Å². The number of hydrogen-bond acceptors (Lipinski definition) is 3. The third-order valence-corrected chi connectivity index (χ3v) is 3.56. The lowest BCUT2D eigenvalue weighted by atomic mass is 10.1. The molecule has 6 heteroatoms. The molecular formula is C16H14Cl2N2O2. The Morgan fingerprint density at radius 2 is 1.86 bits per heavy atom. The Balaban J connectivity index is 2.21. The van der Waals surface area contributed by atoms with Gasteiger partial charge in [0.05, 0.1) is 18.4 Å². The molecule has 114 valence electrons. The Kier molecular flexibility index (Phi) is 5.41. The summed E-state index contributed by atoms with van der Waals surface area (Å²) in [4.78, 5) is 12.2. The van der Waals surface area contributed by atoms with Crippen LogP contribution in [0.1, 0.15) is 22.8 Å². The molecule has 0 unspecified atom stereocenters. The summed E-state index contributed by atoms with van der Waals surface area (Å²) in [5.41, 5.74) is 4.14. The molecule has 0 radical (unpaired) electrons. The molecule has 2 rings (SSSR count). The molecule has 1 N–H and O–H groups in total. The van der Waals surface area contributed by atoms with Crippen molar-refractivity contribution in [1.82, 2.24) is 5.43 Å². The first-order valence-corrected chi connectivity index (χ1v) is 7.21. The molecule has 0 atom stereocenters. The van der Waals surface area contributed by atoms with Crippen LogP contribution in [0.5, 0.6) is 5.75 Å². The van der Waals surface area contributed by atoms with Gasteiger partial charge >= 0.3 is 0 Å². The van der Waals surface area contributed by atoms with Crippen molar-refractivity contribution < 1.29 is 9.53 Å². The van der Waals surface area contributed by atoms with Crippen LogP contribution >= 0.6 is 23.2 Å². The van der Waals surface area contributed by atoms with Crippen molar-refractivity contribution in [3.63, 3.8) is 0 Å². The van der Waals surface area contributed by atoms with Gasteiger partial charge in [0.2, 0.25) is 0 Å². The van der Waals surface area contributed by atoms with Crippen LogP contribution in [-0.2, 0) is 0 Å². The summed E-state index contributed by atoms with van der Waals surface area (Å²) in [5.74, 6) is 0.0123. The van der Waals surface area contributed by atoms with Crippen molar-refractivity contribution in [2.45, 2.75) is 6.92 Å². The minimum atomic E-state index is -0.411. The molecule has 0 aliphatic heterocycles. The molecule has 0 bridgehead atoms. The second-order valence-corrected chi connectivity index (χ2v) is 5.31. The zero-order valence-corrected chi connectivity index (χ0v) is 13.6. The molecular weight excluding hydrogens is 323 g/mol. The van der Waals surface area contributed by atoms with Crippen molar-refractivity contribution in [3.8, 4) is 5.75 Å². The first-order chi connectivity index (χ1) is 10.5. The molecule has 0 aliphatic carbocycles. The zero-order valence-electron chi connectivity index (χ0n) is 12.1. The van der Waals surface area contributed by atoms with Crippen molar-refractivity contribution in [1.29, 1.82) is 0 Å². The van der Waals surface area contributed by atoms with Crippen LogP contribution in [0.15, 0.2) is 47.6 Å². The van der Waals surface area contributed by atoms with Gasteiger partial charge in [-0.05, 0) is 31.2 Å². The molecule has 0 heterocycles. The first kappa shape index (κ1) is 16.3. The number of carbonyl (C=O) groups excluding carboxylic acids is 1. The average Bonchev–Trinajstić information content (AvgIpc) is 2.52.